The maximum Gasteiger partial charge on any atom is 0.408 e. The number of likely N-dealkylation sites (tertiary alicyclic amines) is 1. The Kier molecular flexibility index (Phi) is 6.25. The van der Waals surface area contributed by atoms with Gasteiger partial charge < -0.3 is 10.1 Å². The predicted molar refractivity (Wildman–Crippen MR) is 111 cm³/mol. The Morgan fingerprint density at radius 2 is 1.96 bits per heavy atom. The van der Waals surface area contributed by atoms with Crippen LogP contribution in [0.5, 0.6) is 0 Å². The molecule has 1 saturated heterocycles. The van der Waals surface area contributed by atoms with Crippen molar-refractivity contribution in [3.8, 4) is 0 Å². The first-order valence-corrected chi connectivity index (χ1v) is 10.3. The van der Waals surface area contributed by atoms with Crippen LogP contribution >= 0.6 is 0 Å². The third-order valence-electron chi connectivity index (χ3n) is 5.42. The van der Waals surface area contributed by atoms with Crippen molar-refractivity contribution in [3.05, 3.63) is 41.5 Å². The number of hydrogen-bond acceptors (Lipinski definition) is 3. The highest BCUT2D eigenvalue weighted by Gasteiger charge is 2.25. The number of aryl methyl sites for hydroxylation is 1. The quantitative estimate of drug-likeness (QED) is 0.803. The van der Waals surface area contributed by atoms with E-state index in [1.807, 2.05) is 20.8 Å². The number of rotatable bonds is 4. The molecule has 1 amide bonds. The molecule has 0 spiro atoms. The summed E-state index contributed by atoms with van der Waals surface area (Å²) in [5.41, 5.74) is 4.51. The molecule has 1 heterocycles. The van der Waals surface area contributed by atoms with E-state index >= 15 is 0 Å². The third kappa shape index (κ3) is 5.58. The topological polar surface area (TPSA) is 41.6 Å². The Balaban J connectivity index is 1.67. The molecule has 1 fully saturated rings. The summed E-state index contributed by atoms with van der Waals surface area (Å²) in [6.07, 6.45) is 6.72. The third-order valence-corrected chi connectivity index (χ3v) is 5.42. The second-order valence-electron chi connectivity index (χ2n) is 8.94. The fourth-order valence-corrected chi connectivity index (χ4v) is 4.11. The zero-order valence-electron chi connectivity index (χ0n) is 17.1. The fraction of sp³-hybridized carbons (Fsp3) is 0.609. The van der Waals surface area contributed by atoms with E-state index in [9.17, 15) is 4.79 Å². The lowest BCUT2D eigenvalue weighted by atomic mass is 9.85. The molecule has 1 aromatic carbocycles. The summed E-state index contributed by atoms with van der Waals surface area (Å²) in [5, 5.41) is 3.05. The molecule has 4 nitrogen and oxygen atoms in total. The van der Waals surface area contributed by atoms with Crippen molar-refractivity contribution in [2.75, 3.05) is 19.6 Å². The Bertz CT molecular complexity index is 684. The molecule has 4 heteroatoms. The van der Waals surface area contributed by atoms with Crippen LogP contribution in [0.1, 0.15) is 75.6 Å². The Labute approximate surface area is 164 Å². The van der Waals surface area contributed by atoms with E-state index in [2.05, 4.69) is 35.0 Å². The van der Waals surface area contributed by atoms with Crippen molar-refractivity contribution in [1.29, 1.82) is 0 Å². The number of benzene rings is 1. The molecule has 3 rings (SSSR count). The summed E-state index contributed by atoms with van der Waals surface area (Å²) in [7, 11) is 0. The summed E-state index contributed by atoms with van der Waals surface area (Å²) in [5.74, 6) is 0. The lowest BCUT2D eigenvalue weighted by Gasteiger charge is -2.29. The number of nitrogens with one attached hydrogen (secondary N) is 1. The Morgan fingerprint density at radius 3 is 2.67 bits per heavy atom. The number of nitrogens with zero attached hydrogens (tertiary/aromatic N) is 1. The average Bonchev–Trinajstić information content (AvgIpc) is 2.60. The molecule has 0 bridgehead atoms. The van der Waals surface area contributed by atoms with Crippen molar-refractivity contribution in [2.24, 2.45) is 0 Å². The molecular weight excluding hydrogens is 336 g/mol. The number of carbonyl (C=O) groups excluding carboxylic acids is 1. The number of carbonyl (C=O) groups is 1. The summed E-state index contributed by atoms with van der Waals surface area (Å²) >= 11 is 0. The van der Waals surface area contributed by atoms with Gasteiger partial charge in [0, 0.05) is 6.54 Å². The van der Waals surface area contributed by atoms with Crippen LogP contribution in [0, 0.1) is 0 Å². The van der Waals surface area contributed by atoms with Gasteiger partial charge in [-0.1, -0.05) is 31.2 Å². The second kappa shape index (κ2) is 8.47. The molecule has 1 aliphatic heterocycles. The molecule has 27 heavy (non-hydrogen) atoms. The molecule has 1 unspecified atom stereocenters. The van der Waals surface area contributed by atoms with Crippen LogP contribution in [0.15, 0.2) is 24.8 Å². The van der Waals surface area contributed by atoms with Gasteiger partial charge in [-0.3, -0.25) is 4.90 Å². The van der Waals surface area contributed by atoms with Gasteiger partial charge in [-0.2, -0.15) is 0 Å². The molecule has 148 valence electrons. The SMILES string of the molecule is C=C(CN1CCCCC1)c1ccc2c(c1)CCCC2NC(=O)OC(C)(C)C. The molecule has 0 saturated carbocycles. The van der Waals surface area contributed by atoms with E-state index in [-0.39, 0.29) is 12.1 Å². The van der Waals surface area contributed by atoms with Crippen molar-refractivity contribution in [2.45, 2.75) is 70.9 Å². The van der Waals surface area contributed by atoms with E-state index in [4.69, 9.17) is 4.74 Å². The number of piperidine rings is 1. The predicted octanol–water partition coefficient (Wildman–Crippen LogP) is 5.09. The minimum Gasteiger partial charge on any atom is -0.444 e. The van der Waals surface area contributed by atoms with Gasteiger partial charge >= 0.3 is 6.09 Å². The Hall–Kier alpha value is -1.81. The molecule has 0 radical (unpaired) electrons. The number of hydrogen-bond donors (Lipinski definition) is 1. The van der Waals surface area contributed by atoms with Gasteiger partial charge in [-0.25, -0.2) is 4.79 Å². The zero-order chi connectivity index (χ0) is 19.4. The molecule has 1 N–H and O–H groups in total. The van der Waals surface area contributed by atoms with Gasteiger partial charge in [0.25, 0.3) is 0 Å². The fourth-order valence-electron chi connectivity index (χ4n) is 4.11. The van der Waals surface area contributed by atoms with Crippen LogP contribution in [0.3, 0.4) is 0 Å². The van der Waals surface area contributed by atoms with Crippen molar-refractivity contribution < 1.29 is 9.53 Å². The largest absolute Gasteiger partial charge is 0.444 e. The molecule has 0 aromatic heterocycles. The smallest absolute Gasteiger partial charge is 0.408 e. The van der Waals surface area contributed by atoms with Crippen LogP contribution in [0.4, 0.5) is 4.79 Å². The van der Waals surface area contributed by atoms with Gasteiger partial charge in [0.2, 0.25) is 0 Å². The van der Waals surface area contributed by atoms with Crippen LogP contribution in [-0.2, 0) is 11.2 Å². The van der Waals surface area contributed by atoms with E-state index < -0.39 is 5.60 Å². The van der Waals surface area contributed by atoms with Gasteiger partial charge in [-0.05, 0) is 88.2 Å². The highest BCUT2D eigenvalue weighted by molar-refractivity contribution is 5.69. The number of alkyl carbamates (subject to hydrolysis) is 1. The number of amides is 1. The first kappa shape index (κ1) is 19.9. The van der Waals surface area contributed by atoms with Crippen molar-refractivity contribution >= 4 is 11.7 Å². The highest BCUT2D eigenvalue weighted by atomic mass is 16.6. The summed E-state index contributed by atoms with van der Waals surface area (Å²) in [4.78, 5) is 14.7. The maximum absolute atomic E-state index is 12.2. The summed E-state index contributed by atoms with van der Waals surface area (Å²) < 4.78 is 5.43. The molecule has 1 aromatic rings. The number of ether oxygens (including phenoxy) is 1. The highest BCUT2D eigenvalue weighted by Crippen LogP contribution is 2.32. The lowest BCUT2D eigenvalue weighted by molar-refractivity contribution is 0.0498. The second-order valence-corrected chi connectivity index (χ2v) is 8.94. The van der Waals surface area contributed by atoms with Crippen molar-refractivity contribution in [1.82, 2.24) is 10.2 Å². The van der Waals surface area contributed by atoms with E-state index in [1.165, 1.54) is 54.6 Å². The number of fused-ring (bicyclic) bond motifs is 1. The molecule has 1 atom stereocenters. The minimum atomic E-state index is -0.475. The Morgan fingerprint density at radius 1 is 1.22 bits per heavy atom. The molecular formula is C23H34N2O2. The molecule has 1 aliphatic carbocycles. The normalized spacial score (nSPS) is 20.6. The summed E-state index contributed by atoms with van der Waals surface area (Å²) in [6.45, 7) is 13.3. The van der Waals surface area contributed by atoms with Gasteiger partial charge in [0.05, 0.1) is 6.04 Å². The average molecular weight is 371 g/mol. The zero-order valence-corrected chi connectivity index (χ0v) is 17.1. The van der Waals surface area contributed by atoms with Crippen LogP contribution in [0.25, 0.3) is 5.57 Å². The van der Waals surface area contributed by atoms with Gasteiger partial charge in [-0.15, -0.1) is 0 Å². The first-order chi connectivity index (χ1) is 12.8. The van der Waals surface area contributed by atoms with E-state index in [0.717, 1.165) is 25.8 Å². The molecule has 2 aliphatic rings. The van der Waals surface area contributed by atoms with Crippen LogP contribution in [0.2, 0.25) is 0 Å². The minimum absolute atomic E-state index is 0.0352. The van der Waals surface area contributed by atoms with E-state index in [0.29, 0.717) is 0 Å². The lowest BCUT2D eigenvalue weighted by Crippen LogP contribution is -2.36. The monoisotopic (exact) mass is 370 g/mol. The van der Waals surface area contributed by atoms with Crippen LogP contribution in [-0.4, -0.2) is 36.2 Å². The van der Waals surface area contributed by atoms with Gasteiger partial charge in [0.15, 0.2) is 0 Å². The van der Waals surface area contributed by atoms with E-state index in [1.54, 1.807) is 0 Å². The standard InChI is InChI=1S/C23H34N2O2/c1-17(16-25-13-6-5-7-14-25)18-11-12-20-19(15-18)9-8-10-21(20)24-22(26)27-23(2,3)4/h11-12,15,21H,1,5-10,13-14,16H2,2-4H3,(H,24,26). The maximum atomic E-state index is 12.2. The summed E-state index contributed by atoms with van der Waals surface area (Å²) in [6, 6.07) is 6.66. The van der Waals surface area contributed by atoms with Crippen LogP contribution < -0.4 is 5.32 Å². The van der Waals surface area contributed by atoms with Crippen molar-refractivity contribution in [3.63, 3.8) is 0 Å². The first-order valence-electron chi connectivity index (χ1n) is 10.3. The van der Waals surface area contributed by atoms with Gasteiger partial charge in [0.1, 0.15) is 5.60 Å².